The molecule has 0 spiro atoms. The van der Waals surface area contributed by atoms with Crippen molar-refractivity contribution in [1.29, 1.82) is 0 Å². The van der Waals surface area contributed by atoms with E-state index >= 15 is 0 Å². The number of aliphatic hydroxyl groups is 2. The van der Waals surface area contributed by atoms with Crippen LogP contribution >= 0.6 is 0 Å². The summed E-state index contributed by atoms with van der Waals surface area (Å²) in [6.45, 7) is 0.143. The lowest BCUT2D eigenvalue weighted by Gasteiger charge is -2.38. The number of hydrogen-bond acceptors (Lipinski definition) is 6. The molecule has 2 heterocycles. The van der Waals surface area contributed by atoms with Crippen LogP contribution in [-0.4, -0.2) is 59.2 Å². The van der Waals surface area contributed by atoms with E-state index in [1.54, 1.807) is 24.3 Å². The minimum absolute atomic E-state index is 0.0157. The zero-order chi connectivity index (χ0) is 14.4. The maximum absolute atomic E-state index is 10.7. The van der Waals surface area contributed by atoms with Crippen molar-refractivity contribution in [1.82, 2.24) is 0 Å². The lowest BCUT2D eigenvalue weighted by Crippen LogP contribution is -2.59. The lowest BCUT2D eigenvalue weighted by molar-refractivity contribution is -0.271. The summed E-state index contributed by atoms with van der Waals surface area (Å²) in [5.41, 5.74) is -0.209. The van der Waals surface area contributed by atoms with Gasteiger partial charge in [-0.1, -0.05) is 12.1 Å². The first-order valence-electron chi connectivity index (χ1n) is 6.50. The van der Waals surface area contributed by atoms with E-state index in [1.807, 2.05) is 0 Å². The van der Waals surface area contributed by atoms with Gasteiger partial charge in [0.1, 0.15) is 18.0 Å². The van der Waals surface area contributed by atoms with Gasteiger partial charge in [0.25, 0.3) is 0 Å². The number of hydrogen-bond donors (Lipinski definition) is 3. The highest BCUT2D eigenvalue weighted by Gasteiger charge is 2.68. The van der Waals surface area contributed by atoms with Crippen LogP contribution in [0.2, 0.25) is 0 Å². The average molecular weight is 282 g/mol. The van der Waals surface area contributed by atoms with E-state index in [4.69, 9.17) is 14.2 Å². The topological polar surface area (TPSA) is 88.4 Å². The van der Waals surface area contributed by atoms with E-state index in [9.17, 15) is 15.3 Å². The molecule has 6 nitrogen and oxygen atoms in total. The molecule has 0 aliphatic carbocycles. The lowest BCUT2D eigenvalue weighted by atomic mass is 9.85. The normalized spacial score (nSPS) is 40.0. The SMILES string of the molecule is COC1(Cc2ccc(O)cc2)COC2C(O)COC21O. The molecule has 3 N–H and O–H groups in total. The number of ether oxygens (including phenoxy) is 3. The standard InChI is InChI=1S/C14H18O6/c1-18-13(6-9-2-4-10(15)5-3-9)8-19-12-11(16)7-20-14(12,13)17/h2-5,11-12,15-17H,6-8H2,1H3. The van der Waals surface area contributed by atoms with Gasteiger partial charge in [0.15, 0.2) is 5.60 Å². The Morgan fingerprint density at radius 2 is 2.05 bits per heavy atom. The van der Waals surface area contributed by atoms with Gasteiger partial charge in [0.05, 0.1) is 13.2 Å². The highest BCUT2D eigenvalue weighted by Crippen LogP contribution is 2.45. The molecule has 3 rings (SSSR count). The van der Waals surface area contributed by atoms with Crippen LogP contribution in [-0.2, 0) is 20.6 Å². The molecule has 0 radical (unpaired) electrons. The average Bonchev–Trinajstić information content (AvgIpc) is 2.89. The van der Waals surface area contributed by atoms with Crippen LogP contribution in [0.3, 0.4) is 0 Å². The molecule has 0 saturated carbocycles. The molecule has 1 aromatic rings. The second kappa shape index (κ2) is 4.68. The third kappa shape index (κ3) is 1.84. The minimum atomic E-state index is -1.67. The molecule has 2 aliphatic rings. The summed E-state index contributed by atoms with van der Waals surface area (Å²) in [6.07, 6.45) is -1.32. The Balaban J connectivity index is 1.90. The van der Waals surface area contributed by atoms with Crippen molar-refractivity contribution in [3.63, 3.8) is 0 Å². The first kappa shape index (κ1) is 13.8. The van der Waals surface area contributed by atoms with Gasteiger partial charge in [-0.15, -0.1) is 0 Å². The maximum atomic E-state index is 10.7. The molecule has 2 aliphatic heterocycles. The number of rotatable bonds is 3. The van der Waals surface area contributed by atoms with Crippen molar-refractivity contribution in [2.45, 2.75) is 30.0 Å². The predicted molar refractivity (Wildman–Crippen MR) is 68.2 cm³/mol. The molecule has 4 unspecified atom stereocenters. The fraction of sp³-hybridized carbons (Fsp3) is 0.571. The number of phenolic OH excluding ortho intramolecular Hbond substituents is 1. The second-order valence-electron chi connectivity index (χ2n) is 5.35. The monoisotopic (exact) mass is 282 g/mol. The summed E-state index contributed by atoms with van der Waals surface area (Å²) in [5.74, 6) is -1.49. The maximum Gasteiger partial charge on any atom is 0.227 e. The second-order valence-corrected chi connectivity index (χ2v) is 5.35. The van der Waals surface area contributed by atoms with E-state index < -0.39 is 23.6 Å². The molecule has 2 fully saturated rings. The molecule has 110 valence electrons. The van der Waals surface area contributed by atoms with Crippen molar-refractivity contribution in [3.8, 4) is 5.75 Å². The van der Waals surface area contributed by atoms with Crippen LogP contribution in [0.25, 0.3) is 0 Å². The summed E-state index contributed by atoms with van der Waals surface area (Å²) in [7, 11) is 1.48. The first-order chi connectivity index (χ1) is 9.51. The van der Waals surface area contributed by atoms with Crippen LogP contribution in [0.1, 0.15) is 5.56 Å². The summed E-state index contributed by atoms with van der Waals surface area (Å²) in [5, 5.41) is 29.9. The van der Waals surface area contributed by atoms with E-state index in [0.717, 1.165) is 5.56 Å². The van der Waals surface area contributed by atoms with E-state index in [-0.39, 0.29) is 19.0 Å². The minimum Gasteiger partial charge on any atom is -0.508 e. The summed E-state index contributed by atoms with van der Waals surface area (Å²) in [4.78, 5) is 0. The van der Waals surface area contributed by atoms with Gasteiger partial charge >= 0.3 is 0 Å². The van der Waals surface area contributed by atoms with Crippen molar-refractivity contribution in [2.75, 3.05) is 20.3 Å². The number of benzene rings is 1. The van der Waals surface area contributed by atoms with E-state index in [0.29, 0.717) is 6.42 Å². The summed E-state index contributed by atoms with van der Waals surface area (Å²) in [6, 6.07) is 6.64. The molecule has 6 heteroatoms. The zero-order valence-corrected chi connectivity index (χ0v) is 11.2. The molecule has 0 amide bonds. The Morgan fingerprint density at radius 1 is 1.35 bits per heavy atom. The number of aliphatic hydroxyl groups excluding tert-OH is 1. The molecule has 1 aromatic carbocycles. The highest BCUT2D eigenvalue weighted by atomic mass is 16.7. The Labute approximate surface area is 116 Å². The largest absolute Gasteiger partial charge is 0.508 e. The van der Waals surface area contributed by atoms with Crippen LogP contribution in [0.4, 0.5) is 0 Å². The van der Waals surface area contributed by atoms with Gasteiger partial charge in [-0.05, 0) is 17.7 Å². The number of fused-ring (bicyclic) bond motifs is 1. The van der Waals surface area contributed by atoms with Gasteiger partial charge in [0, 0.05) is 13.5 Å². The fourth-order valence-electron chi connectivity index (χ4n) is 2.98. The highest BCUT2D eigenvalue weighted by molar-refractivity contribution is 5.28. The molecular weight excluding hydrogens is 264 g/mol. The van der Waals surface area contributed by atoms with Crippen molar-refractivity contribution in [2.24, 2.45) is 0 Å². The first-order valence-corrected chi connectivity index (χ1v) is 6.50. The fourth-order valence-corrected chi connectivity index (χ4v) is 2.98. The van der Waals surface area contributed by atoms with Crippen LogP contribution in [0, 0.1) is 0 Å². The summed E-state index contributed by atoms with van der Waals surface area (Å²) >= 11 is 0. The Hall–Kier alpha value is -1.18. The van der Waals surface area contributed by atoms with Crippen molar-refractivity contribution >= 4 is 0 Å². The molecule has 4 atom stereocenters. The third-order valence-corrected chi connectivity index (χ3v) is 4.17. The smallest absolute Gasteiger partial charge is 0.227 e. The number of phenols is 1. The number of methoxy groups -OCH3 is 1. The molecular formula is C14H18O6. The van der Waals surface area contributed by atoms with Crippen LogP contribution in [0.5, 0.6) is 5.75 Å². The predicted octanol–water partition coefficient (Wildman–Crippen LogP) is -0.202. The van der Waals surface area contributed by atoms with Gasteiger partial charge in [0.2, 0.25) is 5.79 Å². The molecule has 0 aromatic heterocycles. The van der Waals surface area contributed by atoms with Crippen LogP contribution in [0.15, 0.2) is 24.3 Å². The molecule has 20 heavy (non-hydrogen) atoms. The van der Waals surface area contributed by atoms with Crippen molar-refractivity contribution < 1.29 is 29.5 Å². The summed E-state index contributed by atoms with van der Waals surface area (Å²) < 4.78 is 16.4. The molecule has 0 bridgehead atoms. The van der Waals surface area contributed by atoms with Gasteiger partial charge < -0.3 is 29.5 Å². The van der Waals surface area contributed by atoms with Crippen molar-refractivity contribution in [3.05, 3.63) is 29.8 Å². The Morgan fingerprint density at radius 3 is 2.70 bits per heavy atom. The Kier molecular flexibility index (Phi) is 3.23. The van der Waals surface area contributed by atoms with Crippen LogP contribution < -0.4 is 0 Å². The van der Waals surface area contributed by atoms with Gasteiger partial charge in [-0.25, -0.2) is 0 Å². The Bertz CT molecular complexity index is 489. The van der Waals surface area contributed by atoms with Gasteiger partial charge in [-0.3, -0.25) is 0 Å². The third-order valence-electron chi connectivity index (χ3n) is 4.17. The zero-order valence-electron chi connectivity index (χ0n) is 11.2. The van der Waals surface area contributed by atoms with Gasteiger partial charge in [-0.2, -0.15) is 0 Å². The molecule has 2 saturated heterocycles. The quantitative estimate of drug-likeness (QED) is 0.711. The number of aromatic hydroxyl groups is 1. The van der Waals surface area contributed by atoms with E-state index in [2.05, 4.69) is 0 Å². The van der Waals surface area contributed by atoms with E-state index in [1.165, 1.54) is 7.11 Å².